The molecule has 6 rings (SSSR count). The van der Waals surface area contributed by atoms with Crippen LogP contribution in [0.15, 0.2) is 23.0 Å². The van der Waals surface area contributed by atoms with E-state index >= 15 is 4.39 Å². The molecule has 0 fully saturated rings. The van der Waals surface area contributed by atoms with E-state index in [0.717, 1.165) is 44.7 Å². The number of carbonyl (C=O) groups is 2. The second-order valence-electron chi connectivity index (χ2n) is 10.1. The molecule has 1 aromatic carbocycles. The van der Waals surface area contributed by atoms with Gasteiger partial charge < -0.3 is 29.3 Å². The normalized spacial score (nSPS) is 16.8. The zero-order chi connectivity index (χ0) is 33.6. The van der Waals surface area contributed by atoms with Gasteiger partial charge in [0.2, 0.25) is 30.1 Å². The Balaban J connectivity index is 1.41. The lowest BCUT2D eigenvalue weighted by atomic mass is 10.2. The minimum Gasteiger partial charge on any atom is -0.480 e. The Kier molecular flexibility index (Phi) is 8.66. The number of ether oxygens (including phenoxy) is 3. The van der Waals surface area contributed by atoms with Gasteiger partial charge in [-0.2, -0.15) is 13.0 Å². The van der Waals surface area contributed by atoms with Gasteiger partial charge in [-0.25, -0.2) is 14.0 Å². The van der Waals surface area contributed by atoms with Gasteiger partial charge in [-0.15, -0.1) is 22.7 Å². The van der Waals surface area contributed by atoms with E-state index in [9.17, 15) is 37.6 Å². The Morgan fingerprint density at radius 1 is 1.15 bits per heavy atom. The first-order valence-electron chi connectivity index (χ1n) is 13.5. The van der Waals surface area contributed by atoms with Crippen molar-refractivity contribution in [3.05, 3.63) is 54.2 Å². The molecule has 0 radical (unpaired) electrons. The summed E-state index contributed by atoms with van der Waals surface area (Å²) >= 11 is 3.11. The fourth-order valence-electron chi connectivity index (χ4n) is 5.08. The number of aromatic nitrogens is 2. The quantitative estimate of drug-likeness (QED) is 0.115. The molecule has 0 amide bonds. The highest BCUT2D eigenvalue weighted by atomic mass is 32.2. The first-order valence-corrected chi connectivity index (χ1v) is 17.5. The molecule has 2 unspecified atom stereocenters. The molecule has 0 aliphatic carbocycles. The van der Waals surface area contributed by atoms with Crippen molar-refractivity contribution in [3.8, 4) is 17.2 Å². The van der Waals surface area contributed by atoms with E-state index in [1.807, 2.05) is 0 Å². The number of hydrogen-bond acceptors (Lipinski definition) is 12. The zero-order valence-electron chi connectivity index (χ0n) is 23.7. The molecule has 0 bridgehead atoms. The van der Waals surface area contributed by atoms with Crippen molar-refractivity contribution in [2.45, 2.75) is 31.9 Å². The molecule has 47 heavy (non-hydrogen) atoms. The summed E-state index contributed by atoms with van der Waals surface area (Å²) in [5.74, 6) is -2.16. The number of alkyl halides is 1. The largest absolute Gasteiger partial charge is 0.480 e. The molecule has 20 heteroatoms. The Hall–Kier alpha value is -4.55. The van der Waals surface area contributed by atoms with Crippen molar-refractivity contribution in [2.24, 2.45) is 0 Å². The average Bonchev–Trinajstić information content (AvgIpc) is 3.79. The smallest absolute Gasteiger partial charge is 0.370 e. The summed E-state index contributed by atoms with van der Waals surface area (Å²) in [5.41, 5.74) is 0.0582. The van der Waals surface area contributed by atoms with E-state index in [1.54, 1.807) is 12.1 Å². The van der Waals surface area contributed by atoms with Gasteiger partial charge in [0.1, 0.15) is 21.0 Å². The molecular weight excluding hydrogens is 704 g/mol. The molecule has 0 saturated heterocycles. The highest BCUT2D eigenvalue weighted by molar-refractivity contribution is 7.85. The third kappa shape index (κ3) is 6.66. The summed E-state index contributed by atoms with van der Waals surface area (Å²) in [6.45, 7) is 5.94. The number of aliphatic carboxylic acids is 2. The van der Waals surface area contributed by atoms with E-state index in [0.29, 0.717) is 36.7 Å². The Morgan fingerprint density at radius 2 is 1.89 bits per heavy atom. The lowest BCUT2D eigenvalue weighted by molar-refractivity contribution is -0.657. The molecule has 3 N–H and O–H groups in total. The highest BCUT2D eigenvalue weighted by Crippen LogP contribution is 2.47. The van der Waals surface area contributed by atoms with Crippen LogP contribution in [0.2, 0.25) is 0 Å². The van der Waals surface area contributed by atoms with Crippen molar-refractivity contribution >= 4 is 88.4 Å². The number of thiophene rings is 1. The van der Waals surface area contributed by atoms with E-state index in [-0.39, 0.29) is 34.7 Å². The summed E-state index contributed by atoms with van der Waals surface area (Å²) in [6, 6.07) is 4.59. The molecule has 4 aromatic rings. The van der Waals surface area contributed by atoms with Gasteiger partial charge in [-0.3, -0.25) is 18.7 Å². The maximum Gasteiger partial charge on any atom is 0.370 e. The van der Waals surface area contributed by atoms with Crippen LogP contribution in [-0.2, 0) is 32.8 Å². The van der Waals surface area contributed by atoms with E-state index in [1.165, 1.54) is 21.6 Å². The molecule has 15 nitrogen and oxygen atoms in total. The zero-order valence-corrected chi connectivity index (χ0v) is 27.0. The molecule has 2 aliphatic rings. The lowest BCUT2D eigenvalue weighted by Crippen LogP contribution is -2.43. The summed E-state index contributed by atoms with van der Waals surface area (Å²) in [4.78, 5) is 41.6. The van der Waals surface area contributed by atoms with Gasteiger partial charge >= 0.3 is 11.9 Å². The third-order valence-electron chi connectivity index (χ3n) is 7.00. The number of hydrogen-bond donors (Lipinski definition) is 3. The average molecular weight is 726 g/mol. The number of anilines is 1. The minimum absolute atomic E-state index is 0.0355. The second kappa shape index (κ2) is 12.6. The van der Waals surface area contributed by atoms with Crippen LogP contribution < -0.4 is 38.4 Å². The number of carboxylic acids is 2. The van der Waals surface area contributed by atoms with Crippen LogP contribution >= 0.6 is 34.0 Å². The molecule has 246 valence electrons. The summed E-state index contributed by atoms with van der Waals surface area (Å²) in [6.07, 6.45) is -1.04. The molecule has 5 heterocycles. The van der Waals surface area contributed by atoms with Crippen LogP contribution in [0.4, 0.5) is 15.1 Å². The third-order valence-corrected chi connectivity index (χ3v) is 11.1. The minimum atomic E-state index is -4.30. The van der Waals surface area contributed by atoms with Crippen LogP contribution in [0.25, 0.3) is 26.5 Å². The van der Waals surface area contributed by atoms with Gasteiger partial charge in [-0.1, -0.05) is 11.3 Å². The van der Waals surface area contributed by atoms with Gasteiger partial charge in [-0.05, 0) is 12.5 Å². The Labute approximate surface area is 275 Å². The van der Waals surface area contributed by atoms with Crippen molar-refractivity contribution in [1.29, 1.82) is 0 Å². The maximum absolute atomic E-state index is 16.1. The fourth-order valence-corrected chi connectivity index (χ4v) is 8.97. The van der Waals surface area contributed by atoms with Gasteiger partial charge in [0.15, 0.2) is 17.7 Å². The second-order valence-corrected chi connectivity index (χ2v) is 15.1. The number of benzene rings is 1. The van der Waals surface area contributed by atoms with Gasteiger partial charge in [0.25, 0.3) is 20.7 Å². The summed E-state index contributed by atoms with van der Waals surface area (Å²) < 4.78 is 67.7. The number of carboxylic acid groups (broad SMARTS) is 2. The first-order chi connectivity index (χ1) is 22.3. The number of thiazole rings is 2. The van der Waals surface area contributed by atoms with Crippen LogP contribution in [0.5, 0.6) is 17.2 Å². The number of halogens is 1. The fraction of sp³-hybridized carbons (Fsp3) is 0.296. The predicted octanol–water partition coefficient (Wildman–Crippen LogP) is 1.37. The van der Waals surface area contributed by atoms with Crippen LogP contribution in [-0.4, -0.2) is 71.2 Å². The molecule has 0 saturated carbocycles. The Bertz CT molecular complexity index is 2270. The van der Waals surface area contributed by atoms with Crippen LogP contribution in [0.1, 0.15) is 11.4 Å². The number of rotatable bonds is 11. The van der Waals surface area contributed by atoms with Gasteiger partial charge in [0.05, 0.1) is 28.6 Å². The van der Waals surface area contributed by atoms with Crippen molar-refractivity contribution in [3.63, 3.8) is 0 Å². The van der Waals surface area contributed by atoms with Crippen LogP contribution in [0, 0.1) is 6.57 Å². The SMILES string of the molecule is [C-]#[N+]c1cc2c(s1)sc(C=c1sc(=CC(F)C3Oc4cc5c(cc4N3CCCS(=O)(=O)O)OCO5)c(=O)n1CC(=O)O)[n+]2CC(=O)O. The van der Waals surface area contributed by atoms with Crippen molar-refractivity contribution in [1.82, 2.24) is 4.57 Å². The summed E-state index contributed by atoms with van der Waals surface area (Å²) in [7, 11) is -4.30. The summed E-state index contributed by atoms with van der Waals surface area (Å²) in [5, 5.41) is 19.8. The Morgan fingerprint density at radius 3 is 2.57 bits per heavy atom. The number of fused-ring (bicyclic) bond motifs is 3. The van der Waals surface area contributed by atoms with E-state index < -0.39 is 58.9 Å². The maximum atomic E-state index is 16.1. The predicted molar refractivity (Wildman–Crippen MR) is 168 cm³/mol. The van der Waals surface area contributed by atoms with Crippen molar-refractivity contribution < 1.29 is 55.9 Å². The van der Waals surface area contributed by atoms with E-state index in [4.69, 9.17) is 20.8 Å². The van der Waals surface area contributed by atoms with Crippen molar-refractivity contribution in [2.75, 3.05) is 24.0 Å². The first kappa shape index (κ1) is 32.4. The number of nitrogens with zero attached hydrogens (tertiary/aromatic N) is 4. The topological polar surface area (TPSA) is 190 Å². The van der Waals surface area contributed by atoms with E-state index in [2.05, 4.69) is 4.85 Å². The highest BCUT2D eigenvalue weighted by Gasteiger charge is 2.38. The monoisotopic (exact) mass is 725 g/mol. The molecule has 3 aromatic heterocycles. The lowest BCUT2D eigenvalue weighted by Gasteiger charge is -2.26. The molecule has 2 atom stereocenters. The molecule has 0 spiro atoms. The molecule has 2 aliphatic heterocycles. The molecular formula is C27H22FN4O11S4+. The van der Waals surface area contributed by atoms with Gasteiger partial charge in [0, 0.05) is 24.7 Å². The standard InChI is InChI=1S/C27H21FN4O11S4/c1-29-20-7-15-27(45-20)46-21(31(15)10-23(33)34)9-22-32(11-24(35)36)25(37)19(44-22)5-13(28)26-30(3-2-4-47(38,39)40)14-6-17-18(42-12-41-17)8-16(14)43-26/h5-9,13,26H,2-4,10-12H2,(H2-,33,34,35,36,38,39,40)/p+1. The van der Waals surface area contributed by atoms with Crippen LogP contribution in [0.3, 0.4) is 0 Å².